The van der Waals surface area contributed by atoms with E-state index in [2.05, 4.69) is 151 Å². The van der Waals surface area contributed by atoms with Gasteiger partial charge in [0.2, 0.25) is 0 Å². The minimum absolute atomic E-state index is 0.0429. The van der Waals surface area contributed by atoms with Crippen molar-refractivity contribution in [3.8, 4) is 28.1 Å². The molecule has 2 aliphatic carbocycles. The van der Waals surface area contributed by atoms with E-state index in [9.17, 15) is 5.11 Å². The molecule has 0 bridgehead atoms. The number of nitrogens with zero attached hydrogens (tertiary/aromatic N) is 2. The number of aryl methyl sites for hydroxylation is 1. The van der Waals surface area contributed by atoms with Crippen molar-refractivity contribution in [2.75, 3.05) is 4.90 Å². The largest absolute Gasteiger partial charge is 0.392 e. The molecular formula is C46H40N2O. The van der Waals surface area contributed by atoms with E-state index >= 15 is 0 Å². The van der Waals surface area contributed by atoms with Crippen molar-refractivity contribution in [3.05, 3.63) is 167 Å². The first-order valence-corrected chi connectivity index (χ1v) is 17.6. The van der Waals surface area contributed by atoms with Crippen LogP contribution in [0.5, 0.6) is 0 Å². The first kappa shape index (κ1) is 29.7. The van der Waals surface area contributed by atoms with E-state index in [1.165, 1.54) is 79.8 Å². The Balaban J connectivity index is 1.17. The molecule has 1 N–H and O–H groups in total. The minimum Gasteiger partial charge on any atom is -0.392 e. The highest BCUT2D eigenvalue weighted by Gasteiger charge is 2.40. The maximum Gasteiger partial charge on any atom is 0.0681 e. The third kappa shape index (κ3) is 4.75. The van der Waals surface area contributed by atoms with Gasteiger partial charge in [0.1, 0.15) is 0 Å². The second-order valence-corrected chi connectivity index (χ2v) is 14.1. The van der Waals surface area contributed by atoms with Crippen LogP contribution in [-0.2, 0) is 24.9 Å². The third-order valence-corrected chi connectivity index (χ3v) is 10.9. The van der Waals surface area contributed by atoms with Crippen LogP contribution in [0.15, 0.2) is 140 Å². The predicted octanol–water partition coefficient (Wildman–Crippen LogP) is 11.4. The van der Waals surface area contributed by atoms with Crippen LogP contribution in [0.2, 0.25) is 0 Å². The fraction of sp³-hybridized carbons (Fsp3) is 0.174. The van der Waals surface area contributed by atoms with E-state index in [1.54, 1.807) is 0 Å². The van der Waals surface area contributed by atoms with Crippen LogP contribution in [-0.4, -0.2) is 9.67 Å². The van der Waals surface area contributed by atoms with Crippen LogP contribution in [0.1, 0.15) is 54.5 Å². The number of aliphatic hydroxyl groups excluding tert-OH is 1. The number of hydrogen-bond donors (Lipinski definition) is 1. The van der Waals surface area contributed by atoms with E-state index in [0.29, 0.717) is 0 Å². The Labute approximate surface area is 288 Å². The second kappa shape index (κ2) is 11.6. The standard InChI is InChI=1S/C46H40N2O/c1-46(2)41-17-9-8-16-39(41)45-44(46)40-29-34(23-28-43(40)48(45)35-13-4-3-5-14-35)32-21-26-37(27-22-32)47(36-24-19-31(30-49)20-25-36)42-18-10-12-33-11-6-7-15-38(33)42/h3-5,8-10,12-14,16-29,49H,6-7,11,15,30H2,1-2H3. The van der Waals surface area contributed by atoms with Crippen molar-refractivity contribution < 1.29 is 5.11 Å². The first-order valence-electron chi connectivity index (χ1n) is 17.6. The zero-order valence-corrected chi connectivity index (χ0v) is 28.2. The Morgan fingerprint density at radius 2 is 1.37 bits per heavy atom. The van der Waals surface area contributed by atoms with E-state index in [0.717, 1.165) is 29.8 Å². The Morgan fingerprint density at radius 1 is 0.673 bits per heavy atom. The molecule has 0 aliphatic heterocycles. The Bertz CT molecular complexity index is 2330. The van der Waals surface area contributed by atoms with Crippen LogP contribution >= 0.6 is 0 Å². The van der Waals surface area contributed by atoms with Crippen LogP contribution in [0.25, 0.3) is 39.0 Å². The van der Waals surface area contributed by atoms with Gasteiger partial charge in [0.15, 0.2) is 0 Å². The van der Waals surface area contributed by atoms with Crippen molar-refractivity contribution in [2.24, 2.45) is 0 Å². The zero-order chi connectivity index (χ0) is 33.1. The molecule has 0 atom stereocenters. The molecule has 2 aliphatic rings. The summed E-state index contributed by atoms with van der Waals surface area (Å²) in [5, 5.41) is 11.0. The van der Waals surface area contributed by atoms with Gasteiger partial charge in [-0.2, -0.15) is 0 Å². The van der Waals surface area contributed by atoms with Crippen LogP contribution in [0.3, 0.4) is 0 Å². The predicted molar refractivity (Wildman–Crippen MR) is 204 cm³/mol. The van der Waals surface area contributed by atoms with Crippen LogP contribution in [0, 0.1) is 0 Å². The van der Waals surface area contributed by atoms with Crippen molar-refractivity contribution in [1.82, 2.24) is 4.57 Å². The highest BCUT2D eigenvalue weighted by molar-refractivity contribution is 6.01. The molecule has 9 rings (SSSR count). The summed E-state index contributed by atoms with van der Waals surface area (Å²) in [4.78, 5) is 2.39. The average Bonchev–Trinajstić information content (AvgIpc) is 3.62. The van der Waals surface area contributed by atoms with Crippen molar-refractivity contribution in [1.29, 1.82) is 0 Å². The molecule has 7 aromatic rings. The number of rotatable bonds is 6. The first-order chi connectivity index (χ1) is 24.0. The minimum atomic E-state index is -0.117. The van der Waals surface area contributed by atoms with E-state index in [4.69, 9.17) is 0 Å². The molecular weight excluding hydrogens is 597 g/mol. The fourth-order valence-electron chi connectivity index (χ4n) is 8.52. The summed E-state index contributed by atoms with van der Waals surface area (Å²) in [6.45, 7) is 4.79. The smallest absolute Gasteiger partial charge is 0.0681 e. The molecule has 0 fully saturated rings. The molecule has 240 valence electrons. The molecule has 1 aromatic heterocycles. The van der Waals surface area contributed by atoms with Gasteiger partial charge in [0.25, 0.3) is 0 Å². The highest BCUT2D eigenvalue weighted by atomic mass is 16.3. The Morgan fingerprint density at radius 3 is 2.14 bits per heavy atom. The normalized spacial score (nSPS) is 14.3. The van der Waals surface area contributed by atoms with Gasteiger partial charge in [0, 0.05) is 39.1 Å². The Hall–Kier alpha value is -5.38. The number of aromatic nitrogens is 1. The molecule has 0 radical (unpaired) electrons. The van der Waals surface area contributed by atoms with E-state index in [1.807, 2.05) is 12.1 Å². The number of fused-ring (bicyclic) bond motifs is 6. The topological polar surface area (TPSA) is 28.4 Å². The molecule has 0 saturated carbocycles. The number of anilines is 3. The summed E-state index contributed by atoms with van der Waals surface area (Å²) in [5.41, 5.74) is 17.5. The van der Waals surface area contributed by atoms with Crippen molar-refractivity contribution >= 4 is 28.0 Å². The van der Waals surface area contributed by atoms with Gasteiger partial charge >= 0.3 is 0 Å². The Kier molecular flexibility index (Phi) is 7.07. The third-order valence-electron chi connectivity index (χ3n) is 10.9. The van der Waals surface area contributed by atoms with Gasteiger partial charge in [-0.3, -0.25) is 0 Å². The van der Waals surface area contributed by atoms with Gasteiger partial charge < -0.3 is 14.6 Å². The zero-order valence-electron chi connectivity index (χ0n) is 28.2. The number of hydrogen-bond acceptors (Lipinski definition) is 2. The molecule has 0 amide bonds. The lowest BCUT2D eigenvalue weighted by molar-refractivity contribution is 0.282. The summed E-state index contributed by atoms with van der Waals surface area (Å²) < 4.78 is 2.46. The van der Waals surface area contributed by atoms with E-state index < -0.39 is 0 Å². The highest BCUT2D eigenvalue weighted by Crippen LogP contribution is 2.54. The van der Waals surface area contributed by atoms with Gasteiger partial charge in [-0.05, 0) is 119 Å². The summed E-state index contributed by atoms with van der Waals surface area (Å²) in [7, 11) is 0. The van der Waals surface area contributed by atoms with E-state index in [-0.39, 0.29) is 12.0 Å². The lowest BCUT2D eigenvalue weighted by Gasteiger charge is -2.30. The van der Waals surface area contributed by atoms with Crippen molar-refractivity contribution in [3.63, 3.8) is 0 Å². The lowest BCUT2D eigenvalue weighted by Crippen LogP contribution is -2.15. The van der Waals surface area contributed by atoms with Crippen molar-refractivity contribution in [2.45, 2.75) is 51.6 Å². The van der Waals surface area contributed by atoms with Gasteiger partial charge in [-0.25, -0.2) is 0 Å². The molecule has 3 nitrogen and oxygen atoms in total. The summed E-state index contributed by atoms with van der Waals surface area (Å²) in [5.74, 6) is 0. The number of para-hydroxylation sites is 1. The SMILES string of the molecule is CC1(C)c2ccccc2-c2c1c1cc(-c3ccc(N(c4ccc(CO)cc4)c4cccc5c4CCCC5)cc3)ccc1n2-c1ccccc1. The second-order valence-electron chi connectivity index (χ2n) is 14.1. The lowest BCUT2D eigenvalue weighted by atomic mass is 9.81. The number of aliphatic hydroxyl groups is 1. The molecule has 0 saturated heterocycles. The van der Waals surface area contributed by atoms with Crippen LogP contribution < -0.4 is 4.90 Å². The summed E-state index contributed by atoms with van der Waals surface area (Å²) >= 11 is 0. The average molecular weight is 637 g/mol. The molecule has 1 heterocycles. The molecule has 6 aromatic carbocycles. The monoisotopic (exact) mass is 636 g/mol. The quantitative estimate of drug-likeness (QED) is 0.197. The maximum atomic E-state index is 9.73. The molecule has 0 spiro atoms. The fourth-order valence-corrected chi connectivity index (χ4v) is 8.52. The number of benzene rings is 6. The van der Waals surface area contributed by atoms with Gasteiger partial charge in [-0.1, -0.05) is 98.8 Å². The molecule has 0 unspecified atom stereocenters. The maximum absolute atomic E-state index is 9.73. The molecule has 3 heteroatoms. The van der Waals surface area contributed by atoms with Crippen LogP contribution in [0.4, 0.5) is 17.1 Å². The molecule has 49 heavy (non-hydrogen) atoms. The van der Waals surface area contributed by atoms with Gasteiger partial charge in [0.05, 0.1) is 17.8 Å². The summed E-state index contributed by atoms with van der Waals surface area (Å²) in [6, 6.07) is 50.9. The van der Waals surface area contributed by atoms with Gasteiger partial charge in [-0.15, -0.1) is 0 Å². The summed E-state index contributed by atoms with van der Waals surface area (Å²) in [6.07, 6.45) is 4.71.